The lowest BCUT2D eigenvalue weighted by Crippen LogP contribution is -2.35. The maximum absolute atomic E-state index is 11.9. The van der Waals surface area contributed by atoms with E-state index >= 15 is 0 Å². The van der Waals surface area contributed by atoms with Crippen LogP contribution < -0.4 is 5.32 Å². The second kappa shape index (κ2) is 6.40. The zero-order valence-electron chi connectivity index (χ0n) is 12.5. The van der Waals surface area contributed by atoms with E-state index in [1.54, 1.807) is 0 Å². The van der Waals surface area contributed by atoms with Crippen LogP contribution in [0.4, 0.5) is 0 Å². The Bertz CT molecular complexity index is 456. The van der Waals surface area contributed by atoms with Gasteiger partial charge in [0.25, 0.3) is 0 Å². The highest BCUT2D eigenvalue weighted by Crippen LogP contribution is 2.32. The van der Waals surface area contributed by atoms with Crippen molar-refractivity contribution in [1.82, 2.24) is 5.32 Å². The number of aliphatic hydroxyl groups is 1. The Kier molecular flexibility index (Phi) is 4.81. The largest absolute Gasteiger partial charge is 0.389 e. The molecular formula is C17H25NO2. The smallest absolute Gasteiger partial charge is 0.222 e. The third-order valence-electron chi connectivity index (χ3n) is 4.04. The van der Waals surface area contributed by atoms with Crippen molar-refractivity contribution in [3.8, 4) is 0 Å². The number of hydrogen-bond donors (Lipinski definition) is 2. The van der Waals surface area contributed by atoms with E-state index in [9.17, 15) is 9.90 Å². The van der Waals surface area contributed by atoms with Gasteiger partial charge in [-0.25, -0.2) is 0 Å². The molecule has 3 nitrogen and oxygen atoms in total. The molecule has 3 heteroatoms. The van der Waals surface area contributed by atoms with Crippen molar-refractivity contribution < 1.29 is 9.90 Å². The molecule has 2 rings (SSSR count). The lowest BCUT2D eigenvalue weighted by molar-refractivity contribution is -0.125. The molecule has 0 spiro atoms. The highest BCUT2D eigenvalue weighted by molar-refractivity contribution is 5.77. The van der Waals surface area contributed by atoms with Crippen molar-refractivity contribution in [2.45, 2.75) is 58.0 Å². The summed E-state index contributed by atoms with van der Waals surface area (Å²) in [5, 5.41) is 13.1. The second-order valence-electron chi connectivity index (χ2n) is 6.20. The first-order valence-corrected chi connectivity index (χ1v) is 7.53. The summed E-state index contributed by atoms with van der Waals surface area (Å²) in [6, 6.07) is 6.46. The molecule has 0 aromatic heterocycles. The molecule has 0 aliphatic heterocycles. The molecule has 1 aliphatic carbocycles. The van der Waals surface area contributed by atoms with Crippen LogP contribution in [-0.2, 0) is 11.2 Å². The molecule has 20 heavy (non-hydrogen) atoms. The van der Waals surface area contributed by atoms with Crippen LogP contribution in [-0.4, -0.2) is 23.2 Å². The summed E-state index contributed by atoms with van der Waals surface area (Å²) in [5.74, 6) is -0.0289. The number of carbonyl (C=O) groups is 1. The molecule has 1 aliphatic rings. The zero-order valence-corrected chi connectivity index (χ0v) is 12.5. The van der Waals surface area contributed by atoms with Crippen LogP contribution in [0.5, 0.6) is 0 Å². The van der Waals surface area contributed by atoms with E-state index in [2.05, 4.69) is 37.4 Å². The molecule has 0 saturated heterocycles. The molecule has 1 amide bonds. The van der Waals surface area contributed by atoms with Crippen LogP contribution in [0.3, 0.4) is 0 Å². The van der Waals surface area contributed by atoms with E-state index in [1.807, 2.05) is 0 Å². The van der Waals surface area contributed by atoms with Gasteiger partial charge in [-0.15, -0.1) is 0 Å². The number of nitrogens with one attached hydrogen (secondary N) is 1. The van der Waals surface area contributed by atoms with Crippen LogP contribution in [0, 0.1) is 13.8 Å². The molecule has 110 valence electrons. The first-order chi connectivity index (χ1) is 9.47. The van der Waals surface area contributed by atoms with E-state index in [0.717, 1.165) is 32.1 Å². The van der Waals surface area contributed by atoms with Gasteiger partial charge in [-0.3, -0.25) is 4.79 Å². The maximum Gasteiger partial charge on any atom is 0.222 e. The Balaban J connectivity index is 1.76. The predicted octanol–water partition coefficient (Wildman–Crippen LogP) is 2.66. The SMILES string of the molecule is Cc1cc(C)cc(CCNC(=O)CC2(O)CCCC2)c1. The zero-order chi connectivity index (χ0) is 14.6. The monoisotopic (exact) mass is 275 g/mol. The summed E-state index contributed by atoms with van der Waals surface area (Å²) < 4.78 is 0. The van der Waals surface area contributed by atoms with Crippen LogP contribution in [0.1, 0.15) is 48.8 Å². The van der Waals surface area contributed by atoms with Gasteiger partial charge in [0, 0.05) is 6.54 Å². The third-order valence-corrected chi connectivity index (χ3v) is 4.04. The molecule has 0 atom stereocenters. The molecule has 2 N–H and O–H groups in total. The standard InChI is InChI=1S/C17H25NO2/c1-13-9-14(2)11-15(10-13)5-8-18-16(19)12-17(20)6-3-4-7-17/h9-11,20H,3-8,12H2,1-2H3,(H,18,19). The fraction of sp³-hybridized carbons (Fsp3) is 0.588. The number of amides is 1. The lowest BCUT2D eigenvalue weighted by atomic mass is 9.97. The number of aryl methyl sites for hydroxylation is 2. The average Bonchev–Trinajstić information content (AvgIpc) is 2.74. The summed E-state index contributed by atoms with van der Waals surface area (Å²) >= 11 is 0. The summed E-state index contributed by atoms with van der Waals surface area (Å²) in [6.07, 6.45) is 4.68. The summed E-state index contributed by atoms with van der Waals surface area (Å²) in [6.45, 7) is 4.81. The molecular weight excluding hydrogens is 250 g/mol. The predicted molar refractivity (Wildman–Crippen MR) is 80.7 cm³/mol. The number of rotatable bonds is 5. The summed E-state index contributed by atoms with van der Waals surface area (Å²) in [7, 11) is 0. The first kappa shape index (κ1) is 15.0. The van der Waals surface area contributed by atoms with Gasteiger partial charge >= 0.3 is 0 Å². The molecule has 1 aromatic carbocycles. The Hall–Kier alpha value is -1.35. The molecule has 1 saturated carbocycles. The highest BCUT2D eigenvalue weighted by Gasteiger charge is 2.33. The van der Waals surface area contributed by atoms with Crippen LogP contribution >= 0.6 is 0 Å². The molecule has 0 radical (unpaired) electrons. The van der Waals surface area contributed by atoms with Gasteiger partial charge in [0.2, 0.25) is 5.91 Å². The van der Waals surface area contributed by atoms with Crippen LogP contribution in [0.25, 0.3) is 0 Å². The Morgan fingerprint density at radius 3 is 2.40 bits per heavy atom. The van der Waals surface area contributed by atoms with Gasteiger partial charge in [0.1, 0.15) is 0 Å². The van der Waals surface area contributed by atoms with Gasteiger partial charge in [-0.05, 0) is 38.7 Å². The quantitative estimate of drug-likeness (QED) is 0.868. The van der Waals surface area contributed by atoms with Gasteiger partial charge < -0.3 is 10.4 Å². The van der Waals surface area contributed by atoms with Crippen LogP contribution in [0.15, 0.2) is 18.2 Å². The molecule has 1 fully saturated rings. The molecule has 1 aromatic rings. The van der Waals surface area contributed by atoms with Gasteiger partial charge in [0.15, 0.2) is 0 Å². The van der Waals surface area contributed by atoms with E-state index in [0.29, 0.717) is 6.54 Å². The first-order valence-electron chi connectivity index (χ1n) is 7.53. The fourth-order valence-electron chi connectivity index (χ4n) is 3.13. The van der Waals surface area contributed by atoms with E-state index in [-0.39, 0.29) is 12.3 Å². The maximum atomic E-state index is 11.9. The Morgan fingerprint density at radius 2 is 1.80 bits per heavy atom. The minimum absolute atomic E-state index is 0.0289. The second-order valence-corrected chi connectivity index (χ2v) is 6.20. The lowest BCUT2D eigenvalue weighted by Gasteiger charge is -2.21. The molecule has 0 unspecified atom stereocenters. The van der Waals surface area contributed by atoms with E-state index in [1.165, 1.54) is 16.7 Å². The topological polar surface area (TPSA) is 49.3 Å². The summed E-state index contributed by atoms with van der Waals surface area (Å²) in [4.78, 5) is 11.9. The fourth-order valence-corrected chi connectivity index (χ4v) is 3.13. The van der Waals surface area contributed by atoms with Gasteiger partial charge in [-0.2, -0.15) is 0 Å². The number of hydrogen-bond acceptors (Lipinski definition) is 2. The van der Waals surface area contributed by atoms with Crippen LogP contribution in [0.2, 0.25) is 0 Å². The van der Waals surface area contributed by atoms with Crippen molar-refractivity contribution >= 4 is 5.91 Å². The van der Waals surface area contributed by atoms with Crippen molar-refractivity contribution in [3.63, 3.8) is 0 Å². The average molecular weight is 275 g/mol. The van der Waals surface area contributed by atoms with E-state index in [4.69, 9.17) is 0 Å². The Labute approximate surface area is 121 Å². The number of benzene rings is 1. The van der Waals surface area contributed by atoms with Crippen molar-refractivity contribution in [1.29, 1.82) is 0 Å². The highest BCUT2D eigenvalue weighted by atomic mass is 16.3. The molecule has 0 bridgehead atoms. The van der Waals surface area contributed by atoms with E-state index < -0.39 is 5.60 Å². The minimum atomic E-state index is -0.746. The van der Waals surface area contributed by atoms with Crippen molar-refractivity contribution in [2.24, 2.45) is 0 Å². The van der Waals surface area contributed by atoms with Gasteiger partial charge in [0.05, 0.1) is 12.0 Å². The van der Waals surface area contributed by atoms with Crippen molar-refractivity contribution in [3.05, 3.63) is 34.9 Å². The van der Waals surface area contributed by atoms with Gasteiger partial charge in [-0.1, -0.05) is 42.2 Å². The molecule has 0 heterocycles. The third kappa shape index (κ3) is 4.34. The number of carbonyl (C=O) groups excluding carboxylic acids is 1. The normalized spacial score (nSPS) is 17.1. The minimum Gasteiger partial charge on any atom is -0.389 e. The van der Waals surface area contributed by atoms with Crippen molar-refractivity contribution in [2.75, 3.05) is 6.54 Å². The Morgan fingerprint density at radius 1 is 1.20 bits per heavy atom. The summed E-state index contributed by atoms with van der Waals surface area (Å²) in [5.41, 5.74) is 3.02.